The van der Waals surface area contributed by atoms with Crippen molar-refractivity contribution < 1.29 is 9.90 Å². The van der Waals surface area contributed by atoms with Gasteiger partial charge >= 0.3 is 0 Å². The van der Waals surface area contributed by atoms with E-state index in [1.165, 1.54) is 0 Å². The number of aliphatic hydroxyl groups is 1. The normalized spacial score (nSPS) is 19.0. The predicted molar refractivity (Wildman–Crippen MR) is 83.0 cm³/mol. The monoisotopic (exact) mass is 286 g/mol. The average Bonchev–Trinajstić information content (AvgIpc) is 2.52. The second-order valence-corrected chi connectivity index (χ2v) is 5.27. The number of amides is 1. The van der Waals surface area contributed by atoms with Gasteiger partial charge in [-0.25, -0.2) is 0 Å². The second kappa shape index (κ2) is 7.26. The smallest absolute Gasteiger partial charge is 0.253 e. The van der Waals surface area contributed by atoms with Crippen molar-refractivity contribution in [3.63, 3.8) is 0 Å². The molecule has 1 atom stereocenters. The highest BCUT2D eigenvalue weighted by atomic mass is 16.2. The number of aliphatic hydroxyl groups excluding tert-OH is 1. The maximum atomic E-state index is 12.6. The number of carbonyl (C=O) groups excluding carboxylic acids is 1. The molecular weight excluding hydrogens is 264 g/mol. The topological polar surface area (TPSA) is 43.8 Å². The summed E-state index contributed by atoms with van der Waals surface area (Å²) in [5.41, 5.74) is 1.42. The van der Waals surface area contributed by atoms with Crippen LogP contribution in [0.2, 0.25) is 0 Å². The molecule has 4 nitrogen and oxygen atoms in total. The molecular formula is C17H22N2O2. The van der Waals surface area contributed by atoms with Crippen LogP contribution in [0.15, 0.2) is 24.3 Å². The molecule has 1 aromatic rings. The molecule has 112 valence electrons. The number of piperazine rings is 1. The molecule has 1 amide bonds. The molecule has 21 heavy (non-hydrogen) atoms. The van der Waals surface area contributed by atoms with Crippen molar-refractivity contribution in [2.45, 2.75) is 19.9 Å². The van der Waals surface area contributed by atoms with Crippen LogP contribution in [-0.2, 0) is 0 Å². The van der Waals surface area contributed by atoms with Gasteiger partial charge in [0.25, 0.3) is 5.91 Å². The first-order chi connectivity index (χ1) is 10.2. The molecule has 1 aliphatic heterocycles. The van der Waals surface area contributed by atoms with Crippen molar-refractivity contribution in [3.05, 3.63) is 35.4 Å². The van der Waals surface area contributed by atoms with Crippen LogP contribution in [0.1, 0.15) is 29.8 Å². The van der Waals surface area contributed by atoms with Gasteiger partial charge in [0.15, 0.2) is 0 Å². The molecule has 0 radical (unpaired) electrons. The van der Waals surface area contributed by atoms with E-state index in [4.69, 9.17) is 5.11 Å². The first-order valence-electron chi connectivity index (χ1n) is 7.38. The fourth-order valence-electron chi connectivity index (χ4n) is 2.70. The summed E-state index contributed by atoms with van der Waals surface area (Å²) in [5.74, 6) is 5.50. The average molecular weight is 286 g/mol. The number of hydrogen-bond donors (Lipinski definition) is 1. The Labute approximate surface area is 126 Å². The zero-order valence-corrected chi connectivity index (χ0v) is 12.7. The SMILES string of the molecule is CCN1CCN(C(=O)c2cccc(C#CCO)c2)CC1C. The molecule has 2 rings (SSSR count). The van der Waals surface area contributed by atoms with Gasteiger partial charge in [0.1, 0.15) is 6.61 Å². The fraction of sp³-hybridized carbons (Fsp3) is 0.471. The van der Waals surface area contributed by atoms with Gasteiger partial charge < -0.3 is 10.0 Å². The molecule has 0 aliphatic carbocycles. The van der Waals surface area contributed by atoms with E-state index in [-0.39, 0.29) is 12.5 Å². The van der Waals surface area contributed by atoms with Gasteiger partial charge in [0.05, 0.1) is 0 Å². The van der Waals surface area contributed by atoms with E-state index < -0.39 is 0 Å². The van der Waals surface area contributed by atoms with E-state index in [2.05, 4.69) is 30.6 Å². The van der Waals surface area contributed by atoms with E-state index in [1.54, 1.807) is 6.07 Å². The quantitative estimate of drug-likeness (QED) is 0.831. The van der Waals surface area contributed by atoms with Gasteiger partial charge in [-0.1, -0.05) is 24.8 Å². The summed E-state index contributed by atoms with van der Waals surface area (Å²) in [6.07, 6.45) is 0. The summed E-state index contributed by atoms with van der Waals surface area (Å²) < 4.78 is 0. The minimum absolute atomic E-state index is 0.0604. The van der Waals surface area contributed by atoms with Gasteiger partial charge in [-0.05, 0) is 31.7 Å². The Morgan fingerprint density at radius 1 is 1.43 bits per heavy atom. The van der Waals surface area contributed by atoms with Gasteiger partial charge in [0.2, 0.25) is 0 Å². The lowest BCUT2D eigenvalue weighted by molar-refractivity contribution is 0.0528. The summed E-state index contributed by atoms with van der Waals surface area (Å²) in [5, 5.41) is 8.73. The third-order valence-corrected chi connectivity index (χ3v) is 3.88. The van der Waals surface area contributed by atoms with E-state index in [9.17, 15) is 4.79 Å². The lowest BCUT2D eigenvalue weighted by Gasteiger charge is -2.39. The predicted octanol–water partition coefficient (Wildman–Crippen LogP) is 1.20. The molecule has 1 heterocycles. The number of nitrogens with zero attached hydrogens (tertiary/aromatic N) is 2. The standard InChI is InChI=1S/C17H22N2O2/c1-3-18-9-10-19(13-14(18)2)17(21)16-8-4-6-15(12-16)7-5-11-20/h4,6,8,12,14,20H,3,9-11,13H2,1-2H3. The van der Waals surface area contributed by atoms with Crippen molar-refractivity contribution in [3.8, 4) is 11.8 Å². The molecule has 4 heteroatoms. The molecule has 0 saturated carbocycles. The van der Waals surface area contributed by atoms with Crippen molar-refractivity contribution in [2.75, 3.05) is 32.8 Å². The zero-order valence-electron chi connectivity index (χ0n) is 12.7. The van der Waals surface area contributed by atoms with E-state index in [0.29, 0.717) is 11.6 Å². The van der Waals surface area contributed by atoms with Crippen LogP contribution in [0.5, 0.6) is 0 Å². The van der Waals surface area contributed by atoms with Crippen molar-refractivity contribution in [2.24, 2.45) is 0 Å². The number of benzene rings is 1. The van der Waals surface area contributed by atoms with Crippen LogP contribution in [0.3, 0.4) is 0 Å². The number of hydrogen-bond acceptors (Lipinski definition) is 3. The van der Waals surface area contributed by atoms with Gasteiger partial charge in [-0.15, -0.1) is 0 Å². The molecule has 1 unspecified atom stereocenters. The van der Waals surface area contributed by atoms with E-state index >= 15 is 0 Å². The minimum atomic E-state index is -0.172. The van der Waals surface area contributed by atoms with E-state index in [0.717, 1.165) is 31.7 Å². The molecule has 1 saturated heterocycles. The molecule has 1 fully saturated rings. The first kappa shape index (κ1) is 15.6. The van der Waals surface area contributed by atoms with Crippen molar-refractivity contribution in [1.29, 1.82) is 0 Å². The molecule has 0 spiro atoms. The Kier molecular flexibility index (Phi) is 5.38. The molecule has 1 N–H and O–H groups in total. The van der Waals surface area contributed by atoms with Gasteiger partial charge in [0, 0.05) is 36.8 Å². The highest BCUT2D eigenvalue weighted by Gasteiger charge is 2.26. The lowest BCUT2D eigenvalue weighted by Crippen LogP contribution is -2.53. The van der Waals surface area contributed by atoms with Crippen LogP contribution in [-0.4, -0.2) is 59.6 Å². The Balaban J connectivity index is 2.10. The summed E-state index contributed by atoms with van der Waals surface area (Å²) in [6.45, 7) is 7.61. The molecule has 0 aromatic heterocycles. The maximum absolute atomic E-state index is 12.6. The first-order valence-corrected chi connectivity index (χ1v) is 7.38. The summed E-state index contributed by atoms with van der Waals surface area (Å²) >= 11 is 0. The summed E-state index contributed by atoms with van der Waals surface area (Å²) in [6, 6.07) is 7.69. The Morgan fingerprint density at radius 3 is 2.90 bits per heavy atom. The third-order valence-electron chi connectivity index (χ3n) is 3.88. The molecule has 0 bridgehead atoms. The Bertz CT molecular complexity index is 559. The molecule has 1 aromatic carbocycles. The zero-order chi connectivity index (χ0) is 15.2. The lowest BCUT2D eigenvalue weighted by atomic mass is 10.1. The number of rotatable bonds is 2. The Hall–Kier alpha value is -1.83. The second-order valence-electron chi connectivity index (χ2n) is 5.27. The van der Waals surface area contributed by atoms with Crippen molar-refractivity contribution in [1.82, 2.24) is 9.80 Å². The van der Waals surface area contributed by atoms with Crippen LogP contribution in [0.4, 0.5) is 0 Å². The summed E-state index contributed by atoms with van der Waals surface area (Å²) in [4.78, 5) is 16.9. The van der Waals surface area contributed by atoms with E-state index in [1.807, 2.05) is 23.1 Å². The highest BCUT2D eigenvalue weighted by Crippen LogP contribution is 2.14. The fourth-order valence-corrected chi connectivity index (χ4v) is 2.70. The van der Waals surface area contributed by atoms with Gasteiger partial charge in [-0.2, -0.15) is 0 Å². The Morgan fingerprint density at radius 2 is 2.24 bits per heavy atom. The van der Waals surface area contributed by atoms with Crippen LogP contribution in [0.25, 0.3) is 0 Å². The third kappa shape index (κ3) is 3.84. The summed E-state index contributed by atoms with van der Waals surface area (Å²) in [7, 11) is 0. The van der Waals surface area contributed by atoms with Crippen molar-refractivity contribution >= 4 is 5.91 Å². The maximum Gasteiger partial charge on any atom is 0.253 e. The van der Waals surface area contributed by atoms with Crippen LogP contribution in [0, 0.1) is 11.8 Å². The number of likely N-dealkylation sites (N-methyl/N-ethyl adjacent to an activating group) is 1. The van der Waals surface area contributed by atoms with Crippen LogP contribution >= 0.6 is 0 Å². The van der Waals surface area contributed by atoms with Crippen LogP contribution < -0.4 is 0 Å². The highest BCUT2D eigenvalue weighted by molar-refractivity contribution is 5.94. The largest absolute Gasteiger partial charge is 0.384 e. The number of carbonyl (C=O) groups is 1. The molecule has 1 aliphatic rings. The minimum Gasteiger partial charge on any atom is -0.384 e. The van der Waals surface area contributed by atoms with Gasteiger partial charge in [-0.3, -0.25) is 9.69 Å².